The highest BCUT2D eigenvalue weighted by molar-refractivity contribution is 6.30. The molecular formula is C25H28ClN3O4. The average molecular weight is 470 g/mol. The molecule has 1 amide bonds. The molecule has 33 heavy (non-hydrogen) atoms. The van der Waals surface area contributed by atoms with Crippen LogP contribution in [0.2, 0.25) is 5.02 Å². The zero-order valence-corrected chi connectivity index (χ0v) is 19.6. The maximum atomic E-state index is 12.4. The Hall–Kier alpha value is -3.58. The van der Waals surface area contributed by atoms with Crippen molar-refractivity contribution >= 4 is 29.1 Å². The summed E-state index contributed by atoms with van der Waals surface area (Å²) in [5.74, 6) is -2.01. The van der Waals surface area contributed by atoms with Crippen LogP contribution < -0.4 is 10.6 Å². The number of carbonyl (C=O) groups is 2. The van der Waals surface area contributed by atoms with Gasteiger partial charge in [0.15, 0.2) is 5.69 Å². The number of halogens is 1. The van der Waals surface area contributed by atoms with E-state index in [0.29, 0.717) is 22.7 Å². The Morgan fingerprint density at radius 1 is 1.21 bits per heavy atom. The van der Waals surface area contributed by atoms with Crippen LogP contribution in [0.1, 0.15) is 42.4 Å². The molecule has 174 valence electrons. The molecule has 0 aliphatic rings. The van der Waals surface area contributed by atoms with E-state index in [9.17, 15) is 14.7 Å². The molecule has 0 fully saturated rings. The van der Waals surface area contributed by atoms with Crippen LogP contribution in [0.25, 0.3) is 5.57 Å². The zero-order valence-electron chi connectivity index (χ0n) is 18.9. The fraction of sp³-hybridized carbons (Fsp3) is 0.240. The van der Waals surface area contributed by atoms with Crippen LogP contribution in [0.5, 0.6) is 5.75 Å². The quantitative estimate of drug-likeness (QED) is 0.380. The molecule has 2 rings (SSSR count). The maximum absolute atomic E-state index is 12.4. The first-order valence-electron chi connectivity index (χ1n) is 10.3. The molecule has 7 nitrogen and oxygen atoms in total. The highest BCUT2D eigenvalue weighted by Gasteiger charge is 2.28. The SMILES string of the molecule is C=C/C(=C\C(=C/C)NCc1ccc(Cl)cc1)c1cnc(C(=O)NCC(C)(C)C(=O)O)c(O)c1. The van der Waals surface area contributed by atoms with Crippen LogP contribution in [-0.4, -0.2) is 33.6 Å². The lowest BCUT2D eigenvalue weighted by atomic mass is 9.94. The Morgan fingerprint density at radius 3 is 2.42 bits per heavy atom. The normalized spacial score (nSPS) is 12.2. The van der Waals surface area contributed by atoms with Gasteiger partial charge >= 0.3 is 5.97 Å². The van der Waals surface area contributed by atoms with Gasteiger partial charge in [0, 0.05) is 35.6 Å². The van der Waals surface area contributed by atoms with Gasteiger partial charge in [0.05, 0.1) is 5.41 Å². The number of benzene rings is 1. The second-order valence-electron chi connectivity index (χ2n) is 7.99. The summed E-state index contributed by atoms with van der Waals surface area (Å²) in [6.45, 7) is 9.19. The number of aromatic nitrogens is 1. The minimum Gasteiger partial charge on any atom is -0.505 e. The summed E-state index contributed by atoms with van der Waals surface area (Å²) in [6.07, 6.45) is 6.84. The third-order valence-corrected chi connectivity index (χ3v) is 5.19. The van der Waals surface area contributed by atoms with Gasteiger partial charge in [-0.1, -0.05) is 42.5 Å². The third-order valence-electron chi connectivity index (χ3n) is 4.94. The van der Waals surface area contributed by atoms with Crippen LogP contribution >= 0.6 is 11.6 Å². The van der Waals surface area contributed by atoms with Crippen molar-refractivity contribution in [1.82, 2.24) is 15.6 Å². The van der Waals surface area contributed by atoms with E-state index in [4.69, 9.17) is 16.7 Å². The van der Waals surface area contributed by atoms with Crippen LogP contribution in [0, 0.1) is 5.41 Å². The van der Waals surface area contributed by atoms with Gasteiger partial charge in [-0.25, -0.2) is 4.98 Å². The number of carboxylic acid groups (broad SMARTS) is 1. The molecule has 0 saturated heterocycles. The largest absolute Gasteiger partial charge is 0.505 e. The van der Waals surface area contributed by atoms with E-state index < -0.39 is 17.3 Å². The average Bonchev–Trinajstić information content (AvgIpc) is 2.78. The number of aliphatic carboxylic acids is 1. The summed E-state index contributed by atoms with van der Waals surface area (Å²) in [7, 11) is 0. The summed E-state index contributed by atoms with van der Waals surface area (Å²) in [6, 6.07) is 8.94. The number of amides is 1. The van der Waals surface area contributed by atoms with E-state index in [1.165, 1.54) is 26.1 Å². The van der Waals surface area contributed by atoms with E-state index in [-0.39, 0.29) is 18.0 Å². The highest BCUT2D eigenvalue weighted by atomic mass is 35.5. The third kappa shape index (κ3) is 7.22. The minimum absolute atomic E-state index is 0.105. The number of carboxylic acids is 1. The molecule has 0 unspecified atom stereocenters. The maximum Gasteiger partial charge on any atom is 0.310 e. The topological polar surface area (TPSA) is 112 Å². The number of hydrogen-bond donors (Lipinski definition) is 4. The molecule has 1 aromatic heterocycles. The molecule has 8 heteroatoms. The second kappa shape index (κ2) is 11.3. The van der Waals surface area contributed by atoms with Crippen molar-refractivity contribution in [3.63, 3.8) is 0 Å². The predicted octanol–water partition coefficient (Wildman–Crippen LogP) is 4.54. The van der Waals surface area contributed by atoms with Gasteiger partial charge in [-0.2, -0.15) is 0 Å². The summed E-state index contributed by atoms with van der Waals surface area (Å²) in [5, 5.41) is 26.0. The molecule has 2 aromatic rings. The molecule has 1 aromatic carbocycles. The van der Waals surface area contributed by atoms with Crippen molar-refractivity contribution in [2.75, 3.05) is 6.54 Å². The van der Waals surface area contributed by atoms with Crippen LogP contribution in [0.3, 0.4) is 0 Å². The number of pyridine rings is 1. The number of allylic oxidation sites excluding steroid dienone is 4. The molecular weight excluding hydrogens is 442 g/mol. The van der Waals surface area contributed by atoms with Gasteiger partial charge in [0.2, 0.25) is 0 Å². The fourth-order valence-electron chi connectivity index (χ4n) is 2.72. The zero-order chi connectivity index (χ0) is 24.6. The number of aromatic hydroxyl groups is 1. The first kappa shape index (κ1) is 25.7. The number of rotatable bonds is 10. The molecule has 1 heterocycles. The van der Waals surface area contributed by atoms with E-state index in [2.05, 4.69) is 22.2 Å². The van der Waals surface area contributed by atoms with Gasteiger partial charge < -0.3 is 20.8 Å². The van der Waals surface area contributed by atoms with E-state index in [0.717, 1.165) is 11.3 Å². The molecule has 0 spiro atoms. The smallest absolute Gasteiger partial charge is 0.310 e. The van der Waals surface area contributed by atoms with E-state index in [1.54, 1.807) is 6.08 Å². The number of hydrogen-bond acceptors (Lipinski definition) is 5. The van der Waals surface area contributed by atoms with Crippen molar-refractivity contribution in [3.05, 3.63) is 88.9 Å². The fourth-order valence-corrected chi connectivity index (χ4v) is 2.84. The first-order chi connectivity index (χ1) is 15.6. The molecule has 0 atom stereocenters. The van der Waals surface area contributed by atoms with Crippen molar-refractivity contribution in [1.29, 1.82) is 0 Å². The standard InChI is InChI=1S/C25H28ClN3O4/c1-5-17(11-20(6-2)27-13-16-7-9-19(26)10-8-16)18-12-21(30)22(28-14-18)23(31)29-15-25(3,4)24(32)33/h5-12,14,27,30H,1,13,15H2,2-4H3,(H,29,31)(H,32,33)/b17-11+,20-6+. The Bertz CT molecular complexity index is 1090. The molecule has 0 aliphatic heterocycles. The minimum atomic E-state index is -1.15. The van der Waals surface area contributed by atoms with Gasteiger partial charge in [0.1, 0.15) is 5.75 Å². The Balaban J connectivity index is 2.14. The van der Waals surface area contributed by atoms with Crippen molar-refractivity contribution in [3.8, 4) is 5.75 Å². The van der Waals surface area contributed by atoms with Crippen LogP contribution in [-0.2, 0) is 11.3 Å². The van der Waals surface area contributed by atoms with Crippen LogP contribution in [0.4, 0.5) is 0 Å². The summed E-state index contributed by atoms with van der Waals surface area (Å²) in [5.41, 5.74) is 1.82. The Morgan fingerprint density at radius 2 is 1.88 bits per heavy atom. The first-order valence-corrected chi connectivity index (χ1v) is 10.6. The van der Waals surface area contributed by atoms with Crippen molar-refractivity contribution in [2.24, 2.45) is 5.41 Å². The monoisotopic (exact) mass is 469 g/mol. The summed E-state index contributed by atoms with van der Waals surface area (Å²) in [4.78, 5) is 27.6. The van der Waals surface area contributed by atoms with Crippen molar-refractivity contribution in [2.45, 2.75) is 27.3 Å². The summed E-state index contributed by atoms with van der Waals surface area (Å²) >= 11 is 5.92. The van der Waals surface area contributed by atoms with E-state index >= 15 is 0 Å². The van der Waals surface area contributed by atoms with Gasteiger partial charge in [-0.15, -0.1) is 0 Å². The lowest BCUT2D eigenvalue weighted by Crippen LogP contribution is -2.39. The Labute approximate surface area is 198 Å². The number of carbonyl (C=O) groups excluding carboxylic acids is 1. The van der Waals surface area contributed by atoms with Gasteiger partial charge in [-0.3, -0.25) is 9.59 Å². The molecule has 0 bridgehead atoms. The molecule has 4 N–H and O–H groups in total. The van der Waals surface area contributed by atoms with E-state index in [1.807, 2.05) is 43.3 Å². The number of nitrogens with one attached hydrogen (secondary N) is 2. The number of nitrogens with zero attached hydrogens (tertiary/aromatic N) is 1. The summed E-state index contributed by atoms with van der Waals surface area (Å²) < 4.78 is 0. The van der Waals surface area contributed by atoms with Gasteiger partial charge in [-0.05, 0) is 56.2 Å². The van der Waals surface area contributed by atoms with Crippen LogP contribution in [0.15, 0.2) is 67.0 Å². The molecule has 0 radical (unpaired) electrons. The molecule has 0 aliphatic carbocycles. The lowest BCUT2D eigenvalue weighted by Gasteiger charge is -2.19. The Kier molecular flexibility index (Phi) is 8.82. The van der Waals surface area contributed by atoms with Gasteiger partial charge in [0.25, 0.3) is 5.91 Å². The highest BCUT2D eigenvalue weighted by Crippen LogP contribution is 2.24. The predicted molar refractivity (Wildman–Crippen MR) is 130 cm³/mol. The second-order valence-corrected chi connectivity index (χ2v) is 8.43. The van der Waals surface area contributed by atoms with Crippen molar-refractivity contribution < 1.29 is 19.8 Å². The lowest BCUT2D eigenvalue weighted by molar-refractivity contribution is -0.146. The molecule has 0 saturated carbocycles.